The predicted molar refractivity (Wildman–Crippen MR) is 111 cm³/mol. The van der Waals surface area contributed by atoms with Gasteiger partial charge in [-0.3, -0.25) is 4.79 Å². The van der Waals surface area contributed by atoms with Gasteiger partial charge in [-0.05, 0) is 30.5 Å². The average molecular weight is 369 g/mol. The number of rotatable bonds is 5. The number of nitrogens with one attached hydrogen (secondary N) is 1. The molecule has 28 heavy (non-hydrogen) atoms. The molecule has 1 saturated carbocycles. The molecule has 0 spiro atoms. The van der Waals surface area contributed by atoms with Crippen molar-refractivity contribution in [2.75, 3.05) is 0 Å². The fraction of sp³-hybridized carbons (Fsp3) is 0.250. The van der Waals surface area contributed by atoms with Crippen molar-refractivity contribution in [3.8, 4) is 6.07 Å². The van der Waals surface area contributed by atoms with E-state index >= 15 is 0 Å². The molecule has 4 rings (SSSR count). The van der Waals surface area contributed by atoms with E-state index in [9.17, 15) is 10.1 Å². The second kappa shape index (κ2) is 8.14. The van der Waals surface area contributed by atoms with E-state index in [1.165, 1.54) is 5.56 Å². The van der Waals surface area contributed by atoms with Crippen molar-refractivity contribution in [1.82, 2.24) is 9.88 Å². The molecule has 0 bridgehead atoms. The Balaban J connectivity index is 1.66. The summed E-state index contributed by atoms with van der Waals surface area (Å²) in [5.74, 6) is -0.269. The van der Waals surface area contributed by atoms with Gasteiger partial charge in [0.05, 0.1) is 0 Å². The molecule has 1 amide bonds. The van der Waals surface area contributed by atoms with Crippen molar-refractivity contribution in [2.45, 2.75) is 38.3 Å². The summed E-state index contributed by atoms with van der Waals surface area (Å²) in [6.45, 7) is 0.741. The summed E-state index contributed by atoms with van der Waals surface area (Å²) in [7, 11) is 0. The van der Waals surface area contributed by atoms with Crippen LogP contribution in [0.3, 0.4) is 0 Å². The number of para-hydroxylation sites is 1. The number of aromatic nitrogens is 1. The van der Waals surface area contributed by atoms with Crippen molar-refractivity contribution in [1.29, 1.82) is 5.26 Å². The fourth-order valence-corrected chi connectivity index (χ4v) is 3.94. The van der Waals surface area contributed by atoms with Crippen molar-refractivity contribution in [3.63, 3.8) is 0 Å². The SMILES string of the molecule is N#C/C(=C/c1cn(Cc2ccccc2)c2ccccc12)C(=O)NC1CCCC1. The Hall–Kier alpha value is -3.32. The van der Waals surface area contributed by atoms with Crippen LogP contribution in [-0.4, -0.2) is 16.5 Å². The maximum Gasteiger partial charge on any atom is 0.262 e. The first kappa shape index (κ1) is 18.1. The summed E-state index contributed by atoms with van der Waals surface area (Å²) >= 11 is 0. The average Bonchev–Trinajstić information content (AvgIpc) is 3.35. The van der Waals surface area contributed by atoms with E-state index < -0.39 is 0 Å². The second-order valence-corrected chi connectivity index (χ2v) is 7.34. The Morgan fingerprint density at radius 3 is 2.57 bits per heavy atom. The van der Waals surface area contributed by atoms with Crippen molar-refractivity contribution in [2.24, 2.45) is 0 Å². The molecule has 1 aliphatic carbocycles. The fourth-order valence-electron chi connectivity index (χ4n) is 3.94. The summed E-state index contributed by atoms with van der Waals surface area (Å²) in [4.78, 5) is 12.6. The van der Waals surface area contributed by atoms with Crippen LogP contribution in [0.15, 0.2) is 66.4 Å². The van der Waals surface area contributed by atoms with Crippen LogP contribution in [0.4, 0.5) is 0 Å². The molecule has 0 saturated heterocycles. The van der Waals surface area contributed by atoms with Crippen LogP contribution >= 0.6 is 0 Å². The molecule has 0 aliphatic heterocycles. The number of fused-ring (bicyclic) bond motifs is 1. The first-order valence-electron chi connectivity index (χ1n) is 9.79. The Labute approximate surface area is 165 Å². The molecule has 140 valence electrons. The smallest absolute Gasteiger partial charge is 0.262 e. The van der Waals surface area contributed by atoms with Gasteiger partial charge >= 0.3 is 0 Å². The van der Waals surface area contributed by atoms with Crippen LogP contribution in [0.5, 0.6) is 0 Å². The van der Waals surface area contributed by atoms with E-state index in [2.05, 4.69) is 34.2 Å². The number of nitriles is 1. The minimum atomic E-state index is -0.269. The molecule has 2 aromatic carbocycles. The third-order valence-electron chi connectivity index (χ3n) is 5.37. The van der Waals surface area contributed by atoms with Crippen molar-refractivity contribution < 1.29 is 4.79 Å². The van der Waals surface area contributed by atoms with Gasteiger partial charge in [0, 0.05) is 35.2 Å². The zero-order valence-electron chi connectivity index (χ0n) is 15.8. The molecule has 1 heterocycles. The number of nitrogens with zero attached hydrogens (tertiary/aromatic N) is 2. The van der Waals surface area contributed by atoms with Crippen LogP contribution in [0, 0.1) is 11.3 Å². The monoisotopic (exact) mass is 369 g/mol. The quantitative estimate of drug-likeness (QED) is 0.525. The Morgan fingerprint density at radius 1 is 1.11 bits per heavy atom. The van der Waals surface area contributed by atoms with Gasteiger partial charge in [-0.1, -0.05) is 61.4 Å². The zero-order valence-corrected chi connectivity index (χ0v) is 15.8. The van der Waals surface area contributed by atoms with E-state index in [4.69, 9.17) is 0 Å². The third kappa shape index (κ3) is 3.84. The maximum absolute atomic E-state index is 12.6. The lowest BCUT2D eigenvalue weighted by molar-refractivity contribution is -0.117. The molecule has 1 aliphatic rings. The third-order valence-corrected chi connectivity index (χ3v) is 5.37. The van der Waals surface area contributed by atoms with E-state index in [-0.39, 0.29) is 17.5 Å². The molecule has 4 nitrogen and oxygen atoms in total. The first-order valence-corrected chi connectivity index (χ1v) is 9.79. The molecule has 4 heteroatoms. The van der Waals surface area contributed by atoms with Crippen LogP contribution in [0.2, 0.25) is 0 Å². The van der Waals surface area contributed by atoms with Crippen LogP contribution < -0.4 is 5.32 Å². The number of carbonyl (C=O) groups is 1. The molecule has 0 radical (unpaired) electrons. The topological polar surface area (TPSA) is 57.8 Å². The largest absolute Gasteiger partial charge is 0.349 e. The van der Waals surface area contributed by atoms with Gasteiger partial charge in [-0.15, -0.1) is 0 Å². The minimum Gasteiger partial charge on any atom is -0.349 e. The molecule has 1 aromatic heterocycles. The highest BCUT2D eigenvalue weighted by Gasteiger charge is 2.19. The van der Waals surface area contributed by atoms with Crippen molar-refractivity contribution >= 4 is 22.9 Å². The maximum atomic E-state index is 12.6. The summed E-state index contributed by atoms with van der Waals surface area (Å²) in [5.41, 5.74) is 3.35. The summed E-state index contributed by atoms with van der Waals surface area (Å²) in [6.07, 6.45) is 8.03. The van der Waals surface area contributed by atoms with Crippen LogP contribution in [-0.2, 0) is 11.3 Å². The zero-order chi connectivity index (χ0) is 19.3. The molecular weight excluding hydrogens is 346 g/mol. The van der Waals surface area contributed by atoms with Gasteiger partial charge in [-0.2, -0.15) is 5.26 Å². The molecule has 0 unspecified atom stereocenters. The number of hydrogen-bond acceptors (Lipinski definition) is 2. The van der Waals surface area contributed by atoms with Gasteiger partial charge in [0.1, 0.15) is 11.6 Å². The lowest BCUT2D eigenvalue weighted by Crippen LogP contribution is -2.33. The lowest BCUT2D eigenvalue weighted by Gasteiger charge is -2.10. The van der Waals surface area contributed by atoms with Gasteiger partial charge in [0.2, 0.25) is 0 Å². The van der Waals surface area contributed by atoms with Gasteiger partial charge in [-0.25, -0.2) is 0 Å². The highest BCUT2D eigenvalue weighted by Crippen LogP contribution is 2.25. The standard InChI is InChI=1S/C24H23N3O/c25-15-19(24(28)26-21-10-4-5-11-21)14-20-17-27(16-18-8-2-1-3-9-18)23-13-7-6-12-22(20)23/h1-3,6-9,12-14,17,21H,4-5,10-11,16H2,(H,26,28)/b19-14-. The summed E-state index contributed by atoms with van der Waals surface area (Å²) < 4.78 is 2.17. The molecule has 3 aromatic rings. The lowest BCUT2D eigenvalue weighted by atomic mass is 10.1. The summed E-state index contributed by atoms with van der Waals surface area (Å²) in [5, 5.41) is 13.6. The Morgan fingerprint density at radius 2 is 1.82 bits per heavy atom. The Kier molecular flexibility index (Phi) is 5.25. The van der Waals surface area contributed by atoms with Gasteiger partial charge in [0.15, 0.2) is 0 Å². The van der Waals surface area contributed by atoms with E-state index in [1.54, 1.807) is 6.08 Å². The molecule has 1 N–H and O–H groups in total. The normalized spacial score (nSPS) is 14.9. The van der Waals surface area contributed by atoms with Gasteiger partial charge < -0.3 is 9.88 Å². The highest BCUT2D eigenvalue weighted by molar-refractivity contribution is 6.04. The van der Waals surface area contributed by atoms with E-state index in [1.807, 2.05) is 42.6 Å². The van der Waals surface area contributed by atoms with Crippen LogP contribution in [0.1, 0.15) is 36.8 Å². The minimum absolute atomic E-state index is 0.162. The first-order chi connectivity index (χ1) is 13.7. The Bertz CT molecular complexity index is 1050. The highest BCUT2D eigenvalue weighted by atomic mass is 16.1. The van der Waals surface area contributed by atoms with E-state index in [0.29, 0.717) is 0 Å². The van der Waals surface area contributed by atoms with Crippen LogP contribution in [0.25, 0.3) is 17.0 Å². The van der Waals surface area contributed by atoms with Crippen molar-refractivity contribution in [3.05, 3.63) is 77.5 Å². The molecule has 1 fully saturated rings. The number of carbonyl (C=O) groups excluding carboxylic acids is 1. The predicted octanol–water partition coefficient (Wildman–Crippen LogP) is 4.66. The van der Waals surface area contributed by atoms with Gasteiger partial charge in [0.25, 0.3) is 5.91 Å². The second-order valence-electron chi connectivity index (χ2n) is 7.34. The number of benzene rings is 2. The molecule has 0 atom stereocenters. The summed E-state index contributed by atoms with van der Waals surface area (Å²) in [6, 6.07) is 20.6. The number of amides is 1. The molecular formula is C24H23N3O. The van der Waals surface area contributed by atoms with E-state index in [0.717, 1.165) is 48.7 Å². The number of hydrogen-bond donors (Lipinski definition) is 1.